The topological polar surface area (TPSA) is 111 Å². The molecule has 0 aliphatic carbocycles. The maximum Gasteiger partial charge on any atom is 0.388 e. The van der Waals surface area contributed by atoms with Gasteiger partial charge in [0.25, 0.3) is 5.56 Å². The highest BCUT2D eigenvalue weighted by atomic mass is 19.3. The van der Waals surface area contributed by atoms with E-state index in [0.29, 0.717) is 0 Å². The first kappa shape index (κ1) is 22.9. The van der Waals surface area contributed by atoms with Gasteiger partial charge in [0.05, 0.1) is 11.3 Å². The SMILES string of the molecule is CC(C)(Cc1ccc(F)c(-c2nc(-c3ccc(OC(F)F)nc3)cc(=O)[nH]2)c1F)C(N)=O. The van der Waals surface area contributed by atoms with Crippen LogP contribution in [0.5, 0.6) is 5.88 Å². The largest absolute Gasteiger partial charge is 0.417 e. The Bertz CT molecular complexity index is 1210. The van der Waals surface area contributed by atoms with Crippen LogP contribution in [0.2, 0.25) is 0 Å². The summed E-state index contributed by atoms with van der Waals surface area (Å²) in [4.78, 5) is 33.8. The summed E-state index contributed by atoms with van der Waals surface area (Å²) in [6, 6.07) is 5.69. The van der Waals surface area contributed by atoms with E-state index in [2.05, 4.69) is 19.7 Å². The first-order valence-corrected chi connectivity index (χ1v) is 9.27. The highest BCUT2D eigenvalue weighted by molar-refractivity contribution is 5.80. The van der Waals surface area contributed by atoms with Crippen LogP contribution in [-0.4, -0.2) is 27.5 Å². The molecule has 0 fully saturated rings. The van der Waals surface area contributed by atoms with Crippen molar-refractivity contribution >= 4 is 5.91 Å². The molecule has 2 aromatic heterocycles. The molecule has 0 spiro atoms. The Morgan fingerprint density at radius 2 is 1.94 bits per heavy atom. The summed E-state index contributed by atoms with van der Waals surface area (Å²) in [5, 5.41) is 0. The smallest absolute Gasteiger partial charge is 0.388 e. The predicted octanol–water partition coefficient (Wildman–Crippen LogP) is 3.43. The Labute approximate surface area is 179 Å². The molecule has 7 nitrogen and oxygen atoms in total. The number of nitrogens with one attached hydrogen (secondary N) is 1. The van der Waals surface area contributed by atoms with E-state index in [1.165, 1.54) is 26.0 Å². The second-order valence-corrected chi connectivity index (χ2v) is 7.56. The molecule has 0 saturated carbocycles. The molecule has 0 radical (unpaired) electrons. The van der Waals surface area contributed by atoms with Crippen molar-refractivity contribution in [3.05, 3.63) is 64.1 Å². The maximum absolute atomic E-state index is 15.2. The summed E-state index contributed by atoms with van der Waals surface area (Å²) in [7, 11) is 0. The molecule has 0 bridgehead atoms. The third-order valence-electron chi connectivity index (χ3n) is 4.69. The highest BCUT2D eigenvalue weighted by Gasteiger charge is 2.28. The lowest BCUT2D eigenvalue weighted by molar-refractivity contribution is -0.125. The van der Waals surface area contributed by atoms with Gasteiger partial charge in [-0.25, -0.2) is 18.7 Å². The fraction of sp³-hybridized carbons (Fsp3) is 0.238. The van der Waals surface area contributed by atoms with Crippen molar-refractivity contribution < 1.29 is 27.1 Å². The number of benzene rings is 1. The minimum Gasteiger partial charge on any atom is -0.417 e. The fourth-order valence-corrected chi connectivity index (χ4v) is 2.93. The first-order chi connectivity index (χ1) is 15.0. The minimum absolute atomic E-state index is 0.00140. The van der Waals surface area contributed by atoms with Crippen LogP contribution in [-0.2, 0) is 11.2 Å². The van der Waals surface area contributed by atoms with Gasteiger partial charge >= 0.3 is 6.61 Å². The number of primary amides is 1. The molecule has 1 amide bonds. The predicted molar refractivity (Wildman–Crippen MR) is 107 cm³/mol. The van der Waals surface area contributed by atoms with Crippen LogP contribution in [0, 0.1) is 17.0 Å². The number of hydrogen-bond donors (Lipinski definition) is 2. The Morgan fingerprint density at radius 1 is 1.22 bits per heavy atom. The van der Waals surface area contributed by atoms with E-state index >= 15 is 4.39 Å². The van der Waals surface area contributed by atoms with Crippen LogP contribution in [0.1, 0.15) is 19.4 Å². The summed E-state index contributed by atoms with van der Waals surface area (Å²) in [6.07, 6.45) is 1.02. The van der Waals surface area contributed by atoms with E-state index in [-0.39, 0.29) is 29.1 Å². The molecule has 0 unspecified atom stereocenters. The molecule has 11 heteroatoms. The van der Waals surface area contributed by atoms with Gasteiger partial charge in [-0.3, -0.25) is 9.59 Å². The molecule has 32 heavy (non-hydrogen) atoms. The number of carbonyl (C=O) groups excluding carboxylic acids is 1. The molecule has 168 valence electrons. The number of nitrogens with two attached hydrogens (primary N) is 1. The Kier molecular flexibility index (Phi) is 6.28. The van der Waals surface area contributed by atoms with Gasteiger partial charge in [0.15, 0.2) is 0 Å². The van der Waals surface area contributed by atoms with E-state index in [4.69, 9.17) is 5.73 Å². The molecule has 0 aliphatic rings. The van der Waals surface area contributed by atoms with Crippen molar-refractivity contribution in [3.63, 3.8) is 0 Å². The number of aromatic nitrogens is 3. The molecule has 0 saturated heterocycles. The number of carbonyl (C=O) groups is 1. The third-order valence-corrected chi connectivity index (χ3v) is 4.69. The van der Waals surface area contributed by atoms with Crippen LogP contribution < -0.4 is 16.0 Å². The van der Waals surface area contributed by atoms with Crippen molar-refractivity contribution in [2.75, 3.05) is 0 Å². The maximum atomic E-state index is 15.2. The monoisotopic (exact) mass is 450 g/mol. The number of amides is 1. The van der Waals surface area contributed by atoms with Crippen molar-refractivity contribution in [2.45, 2.75) is 26.9 Å². The van der Waals surface area contributed by atoms with Crippen molar-refractivity contribution in [3.8, 4) is 28.5 Å². The third kappa shape index (κ3) is 4.93. The zero-order chi connectivity index (χ0) is 23.6. The van der Waals surface area contributed by atoms with Crippen LogP contribution in [0.15, 0.2) is 41.3 Å². The van der Waals surface area contributed by atoms with Crippen molar-refractivity contribution in [1.82, 2.24) is 15.0 Å². The van der Waals surface area contributed by atoms with Crippen LogP contribution in [0.4, 0.5) is 17.6 Å². The lowest BCUT2D eigenvalue weighted by Gasteiger charge is -2.21. The molecule has 2 heterocycles. The number of aromatic amines is 1. The summed E-state index contributed by atoms with van der Waals surface area (Å²) in [5.74, 6) is -3.39. The molecule has 1 aromatic carbocycles. The van der Waals surface area contributed by atoms with Gasteiger partial charge in [0.2, 0.25) is 11.8 Å². The summed E-state index contributed by atoms with van der Waals surface area (Å²) in [6.45, 7) is -0.0182. The number of alkyl halides is 2. The Balaban J connectivity index is 2.06. The van der Waals surface area contributed by atoms with Crippen LogP contribution in [0.3, 0.4) is 0 Å². The van der Waals surface area contributed by atoms with E-state index < -0.39 is 46.5 Å². The quantitative estimate of drug-likeness (QED) is 0.536. The van der Waals surface area contributed by atoms with Gasteiger partial charge in [-0.2, -0.15) is 8.78 Å². The Hall–Kier alpha value is -3.76. The average Bonchev–Trinajstić information content (AvgIpc) is 2.70. The molecule has 0 atom stereocenters. The van der Waals surface area contributed by atoms with Gasteiger partial charge in [-0.15, -0.1) is 0 Å². The van der Waals surface area contributed by atoms with Crippen LogP contribution >= 0.6 is 0 Å². The molecular formula is C21H18F4N4O3. The summed E-state index contributed by atoms with van der Waals surface area (Å²) in [5.41, 5.74) is 3.17. The number of rotatable bonds is 7. The molecule has 3 N–H and O–H groups in total. The fourth-order valence-electron chi connectivity index (χ4n) is 2.93. The van der Waals surface area contributed by atoms with E-state index in [1.54, 1.807) is 0 Å². The van der Waals surface area contributed by atoms with Gasteiger partial charge in [0.1, 0.15) is 17.5 Å². The number of halogens is 4. The van der Waals surface area contributed by atoms with Gasteiger partial charge in [-0.05, 0) is 24.1 Å². The molecule has 3 rings (SSSR count). The van der Waals surface area contributed by atoms with E-state index in [0.717, 1.165) is 24.4 Å². The van der Waals surface area contributed by atoms with Gasteiger partial charge in [0, 0.05) is 29.3 Å². The van der Waals surface area contributed by atoms with E-state index in [1.807, 2.05) is 0 Å². The number of H-pyrrole nitrogens is 1. The van der Waals surface area contributed by atoms with Crippen LogP contribution in [0.25, 0.3) is 22.6 Å². The zero-order valence-electron chi connectivity index (χ0n) is 17.0. The molecule has 0 aliphatic heterocycles. The van der Waals surface area contributed by atoms with Crippen molar-refractivity contribution in [1.29, 1.82) is 0 Å². The molecule has 3 aromatic rings. The average molecular weight is 450 g/mol. The Morgan fingerprint density at radius 3 is 2.53 bits per heavy atom. The normalized spacial score (nSPS) is 11.6. The highest BCUT2D eigenvalue weighted by Crippen LogP contribution is 2.30. The van der Waals surface area contributed by atoms with Gasteiger partial charge in [-0.1, -0.05) is 19.9 Å². The zero-order valence-corrected chi connectivity index (χ0v) is 17.0. The minimum atomic E-state index is -3.06. The molecular weight excluding hydrogens is 432 g/mol. The van der Waals surface area contributed by atoms with Gasteiger partial charge < -0.3 is 15.5 Å². The first-order valence-electron chi connectivity index (χ1n) is 9.27. The standard InChI is InChI=1S/C21H18F4N4O3/c1-21(2,19(26)31)8-10-3-5-12(22)16(17(10)23)18-28-13(7-14(30)29-18)11-4-6-15(27-9-11)32-20(24)25/h3-7,9,20H,8H2,1-2H3,(H2,26,31)(H,28,29,30). The lowest BCUT2D eigenvalue weighted by atomic mass is 9.84. The lowest BCUT2D eigenvalue weighted by Crippen LogP contribution is -2.33. The van der Waals surface area contributed by atoms with Crippen molar-refractivity contribution in [2.24, 2.45) is 11.1 Å². The number of ether oxygens (including phenoxy) is 1. The van der Waals surface area contributed by atoms with E-state index in [9.17, 15) is 22.8 Å². The summed E-state index contributed by atoms with van der Waals surface area (Å²) >= 11 is 0. The number of nitrogens with zero attached hydrogens (tertiary/aromatic N) is 2. The summed E-state index contributed by atoms with van der Waals surface area (Å²) < 4.78 is 58.5. The second-order valence-electron chi connectivity index (χ2n) is 7.56. The number of pyridine rings is 1. The second kappa shape index (κ2) is 8.77. The number of hydrogen-bond acceptors (Lipinski definition) is 5.